The highest BCUT2D eigenvalue weighted by Crippen LogP contribution is 2.27. The summed E-state index contributed by atoms with van der Waals surface area (Å²) in [5.41, 5.74) is 3.45. The van der Waals surface area contributed by atoms with Crippen LogP contribution in [-0.4, -0.2) is 70.1 Å². The number of likely N-dealkylation sites (N-methyl/N-ethyl adjacent to an activating group) is 1. The first kappa shape index (κ1) is 18.7. The van der Waals surface area contributed by atoms with E-state index in [1.165, 1.54) is 0 Å². The standard InChI is InChI=1S/C22H24N6O2/c1-3-30-21(29)16-13-15-14-23-22(27-10-6-9-26(2)11-12-27)25-19(15)28-18-8-5-4-7-17(18)24-20(16)28/h4-5,7-8,13-14H,3,6,9-12H2,1-2H3. The van der Waals surface area contributed by atoms with E-state index in [0.29, 0.717) is 23.8 Å². The molecule has 4 aromatic rings. The van der Waals surface area contributed by atoms with E-state index in [0.717, 1.165) is 54.7 Å². The number of imidazole rings is 1. The van der Waals surface area contributed by atoms with Gasteiger partial charge in [0.05, 0.1) is 17.6 Å². The molecule has 5 rings (SSSR count). The Morgan fingerprint density at radius 2 is 1.97 bits per heavy atom. The van der Waals surface area contributed by atoms with Crippen molar-refractivity contribution in [3.8, 4) is 0 Å². The average Bonchev–Trinajstić information content (AvgIpc) is 3.01. The van der Waals surface area contributed by atoms with Crippen molar-refractivity contribution >= 4 is 39.6 Å². The molecule has 30 heavy (non-hydrogen) atoms. The molecule has 0 radical (unpaired) electrons. The lowest BCUT2D eigenvalue weighted by molar-refractivity contribution is 0.0528. The van der Waals surface area contributed by atoms with Gasteiger partial charge in [-0.05, 0) is 45.1 Å². The lowest BCUT2D eigenvalue weighted by Crippen LogP contribution is -2.30. The number of carbonyl (C=O) groups is 1. The molecule has 154 valence electrons. The fourth-order valence-corrected chi connectivity index (χ4v) is 4.05. The van der Waals surface area contributed by atoms with Gasteiger partial charge in [-0.2, -0.15) is 4.98 Å². The Labute approximate surface area is 174 Å². The summed E-state index contributed by atoms with van der Waals surface area (Å²) in [5.74, 6) is 0.320. The number of aromatic nitrogens is 4. The maximum atomic E-state index is 12.6. The Bertz CT molecular complexity index is 1250. The Balaban J connectivity index is 1.74. The molecule has 0 saturated carbocycles. The molecule has 0 unspecified atom stereocenters. The van der Waals surface area contributed by atoms with E-state index in [4.69, 9.17) is 14.7 Å². The van der Waals surface area contributed by atoms with Crippen LogP contribution >= 0.6 is 0 Å². The molecule has 0 amide bonds. The van der Waals surface area contributed by atoms with Crippen molar-refractivity contribution < 1.29 is 9.53 Å². The van der Waals surface area contributed by atoms with E-state index in [1.807, 2.05) is 28.7 Å². The van der Waals surface area contributed by atoms with Crippen molar-refractivity contribution in [1.29, 1.82) is 0 Å². The molecule has 0 atom stereocenters. The number of hydrogen-bond donors (Lipinski definition) is 0. The third-order valence-electron chi connectivity index (χ3n) is 5.59. The van der Waals surface area contributed by atoms with E-state index >= 15 is 0 Å². The number of carbonyl (C=O) groups excluding carboxylic acids is 1. The van der Waals surface area contributed by atoms with Crippen molar-refractivity contribution in [3.05, 3.63) is 42.1 Å². The van der Waals surface area contributed by atoms with Crippen molar-refractivity contribution in [2.45, 2.75) is 13.3 Å². The van der Waals surface area contributed by atoms with Crippen LogP contribution in [0.3, 0.4) is 0 Å². The molecule has 0 N–H and O–H groups in total. The number of nitrogens with zero attached hydrogens (tertiary/aromatic N) is 6. The van der Waals surface area contributed by atoms with Gasteiger partial charge in [0.25, 0.3) is 0 Å². The summed E-state index contributed by atoms with van der Waals surface area (Å²) in [6, 6.07) is 9.62. The number of ether oxygens (including phenoxy) is 1. The number of hydrogen-bond acceptors (Lipinski definition) is 7. The number of para-hydroxylation sites is 2. The monoisotopic (exact) mass is 404 g/mol. The van der Waals surface area contributed by atoms with Crippen LogP contribution in [0, 0.1) is 0 Å². The first-order valence-electron chi connectivity index (χ1n) is 10.3. The van der Waals surface area contributed by atoms with Gasteiger partial charge < -0.3 is 14.5 Å². The van der Waals surface area contributed by atoms with Crippen molar-refractivity contribution in [3.63, 3.8) is 0 Å². The molecule has 1 aliphatic heterocycles. The number of fused-ring (bicyclic) bond motifs is 5. The fraction of sp³-hybridized carbons (Fsp3) is 0.364. The summed E-state index contributed by atoms with van der Waals surface area (Å²) < 4.78 is 7.23. The van der Waals surface area contributed by atoms with Crippen LogP contribution in [0.5, 0.6) is 0 Å². The van der Waals surface area contributed by atoms with Crippen LogP contribution in [0.2, 0.25) is 0 Å². The molecule has 1 aromatic carbocycles. The van der Waals surface area contributed by atoms with Crippen LogP contribution < -0.4 is 4.90 Å². The summed E-state index contributed by atoms with van der Waals surface area (Å²) in [4.78, 5) is 31.5. The molecule has 3 aromatic heterocycles. The second-order valence-electron chi connectivity index (χ2n) is 7.63. The smallest absolute Gasteiger partial charge is 0.341 e. The summed E-state index contributed by atoms with van der Waals surface area (Å²) in [6.45, 7) is 5.96. The minimum atomic E-state index is -0.390. The Morgan fingerprint density at radius 1 is 1.10 bits per heavy atom. The molecule has 4 heterocycles. The van der Waals surface area contributed by atoms with E-state index in [-0.39, 0.29) is 5.97 Å². The average molecular weight is 404 g/mol. The van der Waals surface area contributed by atoms with Gasteiger partial charge in [-0.1, -0.05) is 12.1 Å². The van der Waals surface area contributed by atoms with Crippen LogP contribution in [0.25, 0.3) is 27.7 Å². The summed E-state index contributed by atoms with van der Waals surface area (Å²) in [7, 11) is 2.14. The van der Waals surface area contributed by atoms with Crippen molar-refractivity contribution in [2.24, 2.45) is 0 Å². The van der Waals surface area contributed by atoms with Crippen molar-refractivity contribution in [1.82, 2.24) is 24.3 Å². The third-order valence-corrected chi connectivity index (χ3v) is 5.59. The molecule has 1 fully saturated rings. The van der Waals surface area contributed by atoms with Crippen LogP contribution in [0.4, 0.5) is 5.95 Å². The molecule has 8 nitrogen and oxygen atoms in total. The molecule has 0 aliphatic carbocycles. The molecule has 0 bridgehead atoms. The van der Waals surface area contributed by atoms with E-state index < -0.39 is 0 Å². The van der Waals surface area contributed by atoms with Gasteiger partial charge in [0, 0.05) is 31.2 Å². The van der Waals surface area contributed by atoms with Gasteiger partial charge in [-0.25, -0.2) is 14.8 Å². The lowest BCUT2D eigenvalue weighted by Gasteiger charge is -2.20. The van der Waals surface area contributed by atoms with E-state index in [1.54, 1.807) is 19.2 Å². The number of anilines is 1. The first-order chi connectivity index (χ1) is 14.7. The SMILES string of the molecule is CCOC(=O)c1cc2cnc(N3CCCN(C)CC3)nc2n2c1nc1ccccc12. The van der Waals surface area contributed by atoms with Crippen LogP contribution in [0.15, 0.2) is 36.5 Å². The molecular weight excluding hydrogens is 380 g/mol. The minimum absolute atomic E-state index is 0.308. The summed E-state index contributed by atoms with van der Waals surface area (Å²) >= 11 is 0. The third kappa shape index (κ3) is 3.13. The Kier molecular flexibility index (Phi) is 4.71. The molecule has 1 aliphatic rings. The van der Waals surface area contributed by atoms with Crippen molar-refractivity contribution in [2.75, 3.05) is 44.7 Å². The maximum absolute atomic E-state index is 12.6. The maximum Gasteiger partial charge on any atom is 0.341 e. The molecule has 1 saturated heterocycles. The highest BCUT2D eigenvalue weighted by Gasteiger charge is 2.21. The van der Waals surface area contributed by atoms with Crippen LogP contribution in [0.1, 0.15) is 23.7 Å². The zero-order valence-corrected chi connectivity index (χ0v) is 17.2. The number of rotatable bonds is 3. The van der Waals surface area contributed by atoms with Gasteiger partial charge in [-0.3, -0.25) is 4.40 Å². The zero-order valence-electron chi connectivity index (χ0n) is 17.2. The van der Waals surface area contributed by atoms with Gasteiger partial charge in [-0.15, -0.1) is 0 Å². The van der Waals surface area contributed by atoms with Gasteiger partial charge in [0.2, 0.25) is 5.95 Å². The van der Waals surface area contributed by atoms with E-state index in [9.17, 15) is 4.79 Å². The van der Waals surface area contributed by atoms with Gasteiger partial charge in [0.1, 0.15) is 5.56 Å². The predicted molar refractivity (Wildman–Crippen MR) is 116 cm³/mol. The summed E-state index contributed by atoms with van der Waals surface area (Å²) in [5, 5.41) is 0.782. The topological polar surface area (TPSA) is 75.9 Å². The number of pyridine rings is 1. The van der Waals surface area contributed by atoms with Gasteiger partial charge in [0.15, 0.2) is 11.3 Å². The zero-order chi connectivity index (χ0) is 20.7. The largest absolute Gasteiger partial charge is 0.462 e. The molecule has 0 spiro atoms. The Morgan fingerprint density at radius 3 is 2.83 bits per heavy atom. The van der Waals surface area contributed by atoms with Gasteiger partial charge >= 0.3 is 5.97 Å². The molecule has 8 heteroatoms. The molecular formula is C22H24N6O2. The number of esters is 1. The fourth-order valence-electron chi connectivity index (χ4n) is 4.05. The second-order valence-corrected chi connectivity index (χ2v) is 7.63. The Hall–Kier alpha value is -3.26. The predicted octanol–water partition coefficient (Wildman–Crippen LogP) is 2.75. The van der Waals surface area contributed by atoms with Crippen LogP contribution in [-0.2, 0) is 4.74 Å². The normalized spacial score (nSPS) is 15.7. The summed E-state index contributed by atoms with van der Waals surface area (Å²) in [6.07, 6.45) is 2.87. The number of benzene rings is 1. The lowest BCUT2D eigenvalue weighted by atomic mass is 10.2. The highest BCUT2D eigenvalue weighted by atomic mass is 16.5. The second kappa shape index (κ2) is 7.53. The quantitative estimate of drug-likeness (QED) is 0.486. The highest BCUT2D eigenvalue weighted by molar-refractivity contribution is 6.03. The minimum Gasteiger partial charge on any atom is -0.462 e. The van der Waals surface area contributed by atoms with E-state index in [2.05, 4.69) is 21.8 Å². The first-order valence-corrected chi connectivity index (χ1v) is 10.3.